The van der Waals surface area contributed by atoms with Gasteiger partial charge in [0.15, 0.2) is 0 Å². The summed E-state index contributed by atoms with van der Waals surface area (Å²) in [5.41, 5.74) is 0.159. The van der Waals surface area contributed by atoms with Crippen molar-refractivity contribution in [1.82, 2.24) is 4.72 Å². The van der Waals surface area contributed by atoms with Crippen LogP contribution in [0.2, 0.25) is 0 Å². The molecule has 22 heavy (non-hydrogen) atoms. The Morgan fingerprint density at radius 3 is 2.05 bits per heavy atom. The standard InChI is InChI=1S/C13H18N2O6S/c1-7(2)11(13(16)17)14-22(20,21)12-8(3)5-10(15(18)19)6-9(12)4/h5-7,11,14H,1-4H3,(H,16,17)/t11-/m1/s1. The summed E-state index contributed by atoms with van der Waals surface area (Å²) in [7, 11) is -4.11. The van der Waals surface area contributed by atoms with Crippen LogP contribution in [0.4, 0.5) is 5.69 Å². The molecule has 0 saturated carbocycles. The molecule has 0 heterocycles. The number of aryl methyl sites for hydroxylation is 2. The van der Waals surface area contributed by atoms with Gasteiger partial charge in [0.1, 0.15) is 6.04 Å². The second kappa shape index (κ2) is 6.41. The molecule has 0 aromatic heterocycles. The molecule has 1 atom stereocenters. The zero-order valence-electron chi connectivity index (χ0n) is 12.7. The SMILES string of the molecule is Cc1cc([N+](=O)[O-])cc(C)c1S(=O)(=O)N[C@@H](C(=O)O)C(C)C. The van der Waals surface area contributed by atoms with Crippen LogP contribution in [0.15, 0.2) is 17.0 Å². The third kappa shape index (κ3) is 3.80. The molecule has 9 heteroatoms. The van der Waals surface area contributed by atoms with Crippen LogP contribution < -0.4 is 4.72 Å². The van der Waals surface area contributed by atoms with E-state index < -0.39 is 32.9 Å². The molecule has 0 bridgehead atoms. The number of hydrogen-bond acceptors (Lipinski definition) is 5. The molecule has 1 aromatic carbocycles. The second-order valence-electron chi connectivity index (χ2n) is 5.35. The number of sulfonamides is 1. The fraction of sp³-hybridized carbons (Fsp3) is 0.462. The molecule has 2 N–H and O–H groups in total. The molecule has 0 amide bonds. The number of rotatable bonds is 6. The monoisotopic (exact) mass is 330 g/mol. The van der Waals surface area contributed by atoms with Crippen LogP contribution >= 0.6 is 0 Å². The van der Waals surface area contributed by atoms with Crippen molar-refractivity contribution in [3.63, 3.8) is 0 Å². The maximum atomic E-state index is 12.4. The van der Waals surface area contributed by atoms with Crippen molar-refractivity contribution in [2.24, 2.45) is 5.92 Å². The van der Waals surface area contributed by atoms with Crippen LogP contribution in [0.3, 0.4) is 0 Å². The summed E-state index contributed by atoms with van der Waals surface area (Å²) in [5.74, 6) is -1.73. The van der Waals surface area contributed by atoms with E-state index in [0.717, 1.165) is 12.1 Å². The first kappa shape index (κ1) is 18.1. The van der Waals surface area contributed by atoms with Gasteiger partial charge in [-0.2, -0.15) is 4.72 Å². The molecule has 0 spiro atoms. The maximum Gasteiger partial charge on any atom is 0.322 e. The molecule has 0 radical (unpaired) electrons. The lowest BCUT2D eigenvalue weighted by Gasteiger charge is -2.19. The molecule has 0 aliphatic carbocycles. The summed E-state index contributed by atoms with van der Waals surface area (Å²) < 4.78 is 27.0. The van der Waals surface area contributed by atoms with E-state index >= 15 is 0 Å². The van der Waals surface area contributed by atoms with Crippen molar-refractivity contribution in [2.45, 2.75) is 38.6 Å². The number of benzene rings is 1. The largest absolute Gasteiger partial charge is 0.480 e. The number of nitrogens with one attached hydrogen (secondary N) is 1. The first-order valence-corrected chi connectivity index (χ1v) is 7.96. The Kier molecular flexibility index (Phi) is 5.26. The number of carboxylic acid groups (broad SMARTS) is 1. The van der Waals surface area contributed by atoms with E-state index in [1.54, 1.807) is 13.8 Å². The van der Waals surface area contributed by atoms with Gasteiger partial charge < -0.3 is 5.11 Å². The first-order chi connectivity index (χ1) is 9.97. The lowest BCUT2D eigenvalue weighted by molar-refractivity contribution is -0.385. The summed E-state index contributed by atoms with van der Waals surface area (Å²) in [6, 6.07) is 1.01. The van der Waals surface area contributed by atoms with Gasteiger partial charge in [0.25, 0.3) is 5.69 Å². The van der Waals surface area contributed by atoms with Crippen molar-refractivity contribution in [3.05, 3.63) is 33.4 Å². The highest BCUT2D eigenvalue weighted by Gasteiger charge is 2.30. The van der Waals surface area contributed by atoms with Crippen LogP contribution in [0.5, 0.6) is 0 Å². The van der Waals surface area contributed by atoms with E-state index in [9.17, 15) is 23.3 Å². The van der Waals surface area contributed by atoms with E-state index in [0.29, 0.717) is 0 Å². The highest BCUT2D eigenvalue weighted by atomic mass is 32.2. The molecule has 0 aliphatic heterocycles. The van der Waals surface area contributed by atoms with Crippen LogP contribution in [0.25, 0.3) is 0 Å². The number of carbonyl (C=O) groups is 1. The van der Waals surface area contributed by atoms with Crippen molar-refractivity contribution in [3.8, 4) is 0 Å². The van der Waals surface area contributed by atoms with Gasteiger partial charge in [-0.1, -0.05) is 13.8 Å². The fourth-order valence-electron chi connectivity index (χ4n) is 2.15. The summed E-state index contributed by atoms with van der Waals surface area (Å²) >= 11 is 0. The quantitative estimate of drug-likeness (QED) is 0.602. The Bertz CT molecular complexity index is 688. The lowest BCUT2D eigenvalue weighted by atomic mass is 10.1. The first-order valence-electron chi connectivity index (χ1n) is 6.48. The lowest BCUT2D eigenvalue weighted by Crippen LogP contribution is -2.44. The molecule has 122 valence electrons. The zero-order valence-corrected chi connectivity index (χ0v) is 13.5. The third-order valence-corrected chi connectivity index (χ3v) is 4.89. The van der Waals surface area contributed by atoms with Gasteiger partial charge in [-0.3, -0.25) is 14.9 Å². The number of non-ortho nitro benzene ring substituents is 1. The normalized spacial score (nSPS) is 13.1. The van der Waals surface area contributed by atoms with Crippen LogP contribution in [-0.2, 0) is 14.8 Å². The van der Waals surface area contributed by atoms with Crippen LogP contribution in [0, 0.1) is 29.9 Å². The Morgan fingerprint density at radius 1 is 1.27 bits per heavy atom. The minimum absolute atomic E-state index is 0.134. The summed E-state index contributed by atoms with van der Waals surface area (Å²) in [6.45, 7) is 6.02. The average Bonchev–Trinajstić information content (AvgIpc) is 2.33. The highest BCUT2D eigenvalue weighted by molar-refractivity contribution is 7.89. The summed E-state index contributed by atoms with van der Waals surface area (Å²) in [6.07, 6.45) is 0. The number of nitrogens with zero attached hydrogens (tertiary/aromatic N) is 1. The van der Waals surface area contributed by atoms with Crippen LogP contribution in [-0.4, -0.2) is 30.5 Å². The number of aliphatic carboxylic acids is 1. The Morgan fingerprint density at radius 2 is 1.73 bits per heavy atom. The fourth-order valence-corrected chi connectivity index (χ4v) is 3.95. The zero-order chi connectivity index (χ0) is 17.2. The van der Waals surface area contributed by atoms with E-state index in [-0.39, 0.29) is 21.7 Å². The number of carboxylic acids is 1. The number of hydrogen-bond donors (Lipinski definition) is 2. The summed E-state index contributed by atoms with van der Waals surface area (Å²) in [5, 5.41) is 19.9. The maximum absolute atomic E-state index is 12.4. The molecule has 1 aromatic rings. The summed E-state index contributed by atoms with van der Waals surface area (Å²) in [4.78, 5) is 21.2. The topological polar surface area (TPSA) is 127 Å². The molecule has 0 saturated heterocycles. The molecule has 0 aliphatic rings. The smallest absolute Gasteiger partial charge is 0.322 e. The highest BCUT2D eigenvalue weighted by Crippen LogP contribution is 2.26. The van der Waals surface area contributed by atoms with Crippen LogP contribution in [0.1, 0.15) is 25.0 Å². The Balaban J connectivity index is 3.35. The van der Waals surface area contributed by atoms with E-state index in [1.807, 2.05) is 0 Å². The third-order valence-electron chi connectivity index (χ3n) is 3.14. The van der Waals surface area contributed by atoms with Gasteiger partial charge >= 0.3 is 5.97 Å². The van der Waals surface area contributed by atoms with Gasteiger partial charge in [-0.05, 0) is 30.9 Å². The predicted molar refractivity (Wildman–Crippen MR) is 79.2 cm³/mol. The molecule has 1 rings (SSSR count). The van der Waals surface area contributed by atoms with Crippen molar-refractivity contribution >= 4 is 21.7 Å². The minimum atomic E-state index is -4.11. The number of nitro groups is 1. The van der Waals surface area contributed by atoms with Gasteiger partial charge in [-0.15, -0.1) is 0 Å². The number of nitro benzene ring substituents is 1. The average molecular weight is 330 g/mol. The van der Waals surface area contributed by atoms with Gasteiger partial charge in [0.2, 0.25) is 10.0 Å². The second-order valence-corrected chi connectivity index (χ2v) is 7.00. The molecule has 8 nitrogen and oxygen atoms in total. The van der Waals surface area contributed by atoms with E-state index in [2.05, 4.69) is 4.72 Å². The molecular weight excluding hydrogens is 312 g/mol. The Hall–Kier alpha value is -2.00. The predicted octanol–water partition coefficient (Wildman–Crippen LogP) is 1.60. The van der Waals surface area contributed by atoms with Gasteiger partial charge in [0, 0.05) is 12.1 Å². The molecule has 0 fully saturated rings. The van der Waals surface area contributed by atoms with E-state index in [1.165, 1.54) is 13.8 Å². The van der Waals surface area contributed by atoms with E-state index in [4.69, 9.17) is 5.11 Å². The van der Waals surface area contributed by atoms with Crippen molar-refractivity contribution in [2.75, 3.05) is 0 Å². The molecular formula is C13H18N2O6S. The van der Waals surface area contributed by atoms with Gasteiger partial charge in [0.05, 0.1) is 9.82 Å². The molecule has 0 unspecified atom stereocenters. The van der Waals surface area contributed by atoms with Crippen molar-refractivity contribution in [1.29, 1.82) is 0 Å². The Labute approximate surface area is 128 Å². The van der Waals surface area contributed by atoms with Gasteiger partial charge in [-0.25, -0.2) is 8.42 Å². The van der Waals surface area contributed by atoms with Crippen molar-refractivity contribution < 1.29 is 23.2 Å². The minimum Gasteiger partial charge on any atom is -0.480 e.